The standard InChI is InChI=1S/C11H7ClF5N3/c12-2-1-5-3-20(19-18-5)4-6-7(13)9(15)11(17)10(16)8(6)14/h3H,1-2,4H2. The van der Waals surface area contributed by atoms with Gasteiger partial charge in [0.25, 0.3) is 0 Å². The topological polar surface area (TPSA) is 30.7 Å². The normalized spacial score (nSPS) is 11.1. The van der Waals surface area contributed by atoms with Gasteiger partial charge in [0.15, 0.2) is 23.3 Å². The maximum absolute atomic E-state index is 13.4. The van der Waals surface area contributed by atoms with Crippen molar-refractivity contribution >= 4 is 11.6 Å². The number of benzene rings is 1. The molecule has 0 bridgehead atoms. The van der Waals surface area contributed by atoms with Crippen LogP contribution in [0.5, 0.6) is 0 Å². The van der Waals surface area contributed by atoms with Crippen LogP contribution in [-0.2, 0) is 13.0 Å². The van der Waals surface area contributed by atoms with Gasteiger partial charge in [-0.25, -0.2) is 26.6 Å². The Balaban J connectivity index is 2.38. The van der Waals surface area contributed by atoms with E-state index in [1.807, 2.05) is 0 Å². The Bertz CT molecular complexity index is 614. The van der Waals surface area contributed by atoms with Gasteiger partial charge in [-0.2, -0.15) is 0 Å². The zero-order valence-corrected chi connectivity index (χ0v) is 10.6. The molecular formula is C11H7ClF5N3. The minimum absolute atomic E-state index is 0.265. The molecule has 0 radical (unpaired) electrons. The first-order valence-electron chi connectivity index (χ1n) is 5.41. The SMILES string of the molecule is Fc1c(F)c(F)c(Cn2cc(CCCl)nn2)c(F)c1F. The van der Waals surface area contributed by atoms with Crippen molar-refractivity contribution in [2.24, 2.45) is 0 Å². The number of alkyl halides is 1. The highest BCUT2D eigenvalue weighted by Gasteiger charge is 2.25. The summed E-state index contributed by atoms with van der Waals surface area (Å²) in [7, 11) is 0. The van der Waals surface area contributed by atoms with Gasteiger partial charge in [-0.3, -0.25) is 0 Å². The lowest BCUT2D eigenvalue weighted by molar-refractivity contribution is 0.366. The van der Waals surface area contributed by atoms with E-state index in [9.17, 15) is 22.0 Å². The molecule has 0 aliphatic heterocycles. The molecule has 0 aliphatic carbocycles. The Hall–Kier alpha value is -1.70. The first kappa shape index (κ1) is 14.7. The smallest absolute Gasteiger partial charge is 0.200 e. The van der Waals surface area contributed by atoms with Gasteiger partial charge < -0.3 is 0 Å². The predicted octanol–water partition coefficient (Wildman–Crippen LogP) is 2.80. The lowest BCUT2D eigenvalue weighted by atomic mass is 10.1. The van der Waals surface area contributed by atoms with E-state index in [0.29, 0.717) is 12.1 Å². The van der Waals surface area contributed by atoms with Crippen molar-refractivity contribution in [1.82, 2.24) is 15.0 Å². The van der Waals surface area contributed by atoms with E-state index in [-0.39, 0.29) is 5.88 Å². The van der Waals surface area contributed by atoms with Gasteiger partial charge in [-0.15, -0.1) is 16.7 Å². The third-order valence-electron chi connectivity index (χ3n) is 2.56. The highest BCUT2D eigenvalue weighted by molar-refractivity contribution is 6.17. The summed E-state index contributed by atoms with van der Waals surface area (Å²) < 4.78 is 66.7. The van der Waals surface area contributed by atoms with Crippen molar-refractivity contribution in [3.05, 3.63) is 46.5 Å². The molecule has 1 heterocycles. The number of aromatic nitrogens is 3. The van der Waals surface area contributed by atoms with Crippen molar-refractivity contribution in [3.8, 4) is 0 Å². The van der Waals surface area contributed by atoms with Gasteiger partial charge in [0.2, 0.25) is 5.82 Å². The van der Waals surface area contributed by atoms with E-state index < -0.39 is 41.2 Å². The number of hydrogen-bond acceptors (Lipinski definition) is 2. The fourth-order valence-corrected chi connectivity index (χ4v) is 1.77. The number of nitrogens with zero attached hydrogens (tertiary/aromatic N) is 3. The Morgan fingerprint density at radius 3 is 2.05 bits per heavy atom. The monoisotopic (exact) mass is 311 g/mol. The summed E-state index contributed by atoms with van der Waals surface area (Å²) in [6.07, 6.45) is 1.69. The Morgan fingerprint density at radius 2 is 1.50 bits per heavy atom. The number of halogens is 6. The number of hydrogen-bond donors (Lipinski definition) is 0. The molecule has 108 valence electrons. The van der Waals surface area contributed by atoms with E-state index in [4.69, 9.17) is 11.6 Å². The molecule has 0 unspecified atom stereocenters. The van der Waals surface area contributed by atoms with Crippen LogP contribution in [0.1, 0.15) is 11.3 Å². The van der Waals surface area contributed by atoms with Crippen LogP contribution in [0, 0.1) is 29.1 Å². The summed E-state index contributed by atoms with van der Waals surface area (Å²) in [5.74, 6) is -9.65. The molecule has 2 rings (SSSR count). The van der Waals surface area contributed by atoms with Gasteiger partial charge in [0.1, 0.15) is 0 Å². The van der Waals surface area contributed by atoms with Crippen molar-refractivity contribution in [2.75, 3.05) is 5.88 Å². The molecule has 0 fully saturated rings. The van der Waals surface area contributed by atoms with E-state index in [1.165, 1.54) is 6.20 Å². The second-order valence-corrected chi connectivity index (χ2v) is 4.27. The van der Waals surface area contributed by atoms with Gasteiger partial charge in [0.05, 0.1) is 17.8 Å². The zero-order valence-electron chi connectivity index (χ0n) is 9.81. The largest absolute Gasteiger partial charge is 0.248 e. The average Bonchev–Trinajstić information content (AvgIpc) is 2.87. The summed E-state index contributed by atoms with van der Waals surface area (Å²) in [5, 5.41) is 7.18. The predicted molar refractivity (Wildman–Crippen MR) is 59.8 cm³/mol. The second-order valence-electron chi connectivity index (χ2n) is 3.89. The lowest BCUT2D eigenvalue weighted by Crippen LogP contribution is -2.11. The third-order valence-corrected chi connectivity index (χ3v) is 2.75. The molecule has 0 N–H and O–H groups in total. The van der Waals surface area contributed by atoms with Crippen LogP contribution in [0.4, 0.5) is 22.0 Å². The van der Waals surface area contributed by atoms with Crippen molar-refractivity contribution < 1.29 is 22.0 Å². The maximum atomic E-state index is 13.4. The summed E-state index contributed by atoms with van der Waals surface area (Å²) >= 11 is 5.48. The quantitative estimate of drug-likeness (QED) is 0.376. The molecule has 0 saturated carbocycles. The zero-order chi connectivity index (χ0) is 14.9. The van der Waals surface area contributed by atoms with Gasteiger partial charge >= 0.3 is 0 Å². The second kappa shape index (κ2) is 5.74. The van der Waals surface area contributed by atoms with Crippen LogP contribution < -0.4 is 0 Å². The molecule has 0 saturated heterocycles. The van der Waals surface area contributed by atoms with E-state index in [0.717, 1.165) is 4.68 Å². The lowest BCUT2D eigenvalue weighted by Gasteiger charge is -2.07. The fraction of sp³-hybridized carbons (Fsp3) is 0.273. The molecule has 3 nitrogen and oxygen atoms in total. The summed E-state index contributed by atoms with van der Waals surface area (Å²) in [6.45, 7) is -0.624. The van der Waals surface area contributed by atoms with E-state index >= 15 is 0 Å². The Kier molecular flexibility index (Phi) is 4.22. The minimum Gasteiger partial charge on any atom is -0.248 e. The van der Waals surface area contributed by atoms with Gasteiger partial charge in [0, 0.05) is 18.5 Å². The number of aryl methyl sites for hydroxylation is 1. The highest BCUT2D eigenvalue weighted by Crippen LogP contribution is 2.23. The van der Waals surface area contributed by atoms with Crippen LogP contribution in [0.2, 0.25) is 0 Å². The van der Waals surface area contributed by atoms with E-state index in [1.54, 1.807) is 0 Å². The highest BCUT2D eigenvalue weighted by atomic mass is 35.5. The molecule has 1 aromatic carbocycles. The molecule has 0 spiro atoms. The number of rotatable bonds is 4. The van der Waals surface area contributed by atoms with E-state index in [2.05, 4.69) is 10.3 Å². The molecular weight excluding hydrogens is 305 g/mol. The molecule has 2 aromatic rings. The molecule has 9 heteroatoms. The molecule has 20 heavy (non-hydrogen) atoms. The minimum atomic E-state index is -2.19. The summed E-state index contributed by atoms with van der Waals surface area (Å²) in [4.78, 5) is 0. The maximum Gasteiger partial charge on any atom is 0.200 e. The van der Waals surface area contributed by atoms with Crippen LogP contribution in [0.15, 0.2) is 6.20 Å². The average molecular weight is 312 g/mol. The molecule has 1 aromatic heterocycles. The summed E-state index contributed by atoms with van der Waals surface area (Å²) in [5.41, 5.74) is -0.521. The van der Waals surface area contributed by atoms with Crippen LogP contribution in [0.3, 0.4) is 0 Å². The van der Waals surface area contributed by atoms with Gasteiger partial charge in [-0.05, 0) is 0 Å². The first-order valence-corrected chi connectivity index (χ1v) is 5.94. The fourth-order valence-electron chi connectivity index (χ4n) is 1.58. The van der Waals surface area contributed by atoms with Crippen LogP contribution >= 0.6 is 11.6 Å². The third kappa shape index (κ3) is 2.60. The van der Waals surface area contributed by atoms with Crippen LogP contribution in [0.25, 0.3) is 0 Å². The van der Waals surface area contributed by atoms with Gasteiger partial charge in [-0.1, -0.05) is 5.21 Å². The molecule has 0 aliphatic rings. The molecule has 0 atom stereocenters. The Morgan fingerprint density at radius 1 is 0.950 bits per heavy atom. The summed E-state index contributed by atoms with van der Waals surface area (Å²) in [6, 6.07) is 0. The Labute approximate surface area is 115 Å². The van der Waals surface area contributed by atoms with Crippen molar-refractivity contribution in [2.45, 2.75) is 13.0 Å². The molecule has 0 amide bonds. The van der Waals surface area contributed by atoms with Crippen molar-refractivity contribution in [3.63, 3.8) is 0 Å². The first-order chi connectivity index (χ1) is 9.45. The van der Waals surface area contributed by atoms with Crippen molar-refractivity contribution in [1.29, 1.82) is 0 Å². The van der Waals surface area contributed by atoms with Crippen LogP contribution in [-0.4, -0.2) is 20.9 Å².